The molecule has 30 heavy (non-hydrogen) atoms. The van der Waals surface area contributed by atoms with Crippen LogP contribution in [0.2, 0.25) is 5.02 Å². The molecule has 0 N–H and O–H groups in total. The molecule has 152 valence electrons. The number of anilines is 1. The molecule has 0 fully saturated rings. The normalized spacial score (nSPS) is 11.4. The molecular weight excluding hydrogens is 420 g/mol. The average molecular weight is 439 g/mol. The third-order valence-electron chi connectivity index (χ3n) is 4.60. The number of rotatable bonds is 6. The maximum atomic E-state index is 13.4. The summed E-state index contributed by atoms with van der Waals surface area (Å²) in [6.45, 7) is 0.454. The van der Waals surface area contributed by atoms with Gasteiger partial charge >= 0.3 is 0 Å². The van der Waals surface area contributed by atoms with Gasteiger partial charge in [-0.3, -0.25) is 0 Å². The SMILES string of the molecule is CN(Cc1ccccc1)c1oc(-c2ccccc2Cl)nc1S(=O)(=O)c1ccccc1. The molecule has 0 atom stereocenters. The van der Waals surface area contributed by atoms with Crippen LogP contribution in [0.5, 0.6) is 0 Å². The zero-order chi connectivity index (χ0) is 21.1. The predicted octanol–water partition coefficient (Wildman–Crippen LogP) is 5.46. The Kier molecular flexibility index (Phi) is 5.61. The van der Waals surface area contributed by atoms with Gasteiger partial charge in [0.25, 0.3) is 0 Å². The molecule has 3 aromatic carbocycles. The van der Waals surface area contributed by atoms with E-state index in [1.807, 2.05) is 30.3 Å². The Bertz CT molecular complexity index is 1260. The van der Waals surface area contributed by atoms with Crippen LogP contribution >= 0.6 is 11.6 Å². The second kappa shape index (κ2) is 8.34. The zero-order valence-corrected chi connectivity index (χ0v) is 17.8. The molecule has 4 rings (SSSR count). The molecule has 0 saturated heterocycles. The van der Waals surface area contributed by atoms with Crippen molar-refractivity contribution in [2.24, 2.45) is 0 Å². The Morgan fingerprint density at radius 3 is 2.17 bits per heavy atom. The smallest absolute Gasteiger partial charge is 0.236 e. The summed E-state index contributed by atoms with van der Waals surface area (Å²) in [6.07, 6.45) is 0. The van der Waals surface area contributed by atoms with Gasteiger partial charge in [-0.1, -0.05) is 72.3 Å². The molecule has 0 unspecified atom stereocenters. The largest absolute Gasteiger partial charge is 0.419 e. The third-order valence-corrected chi connectivity index (χ3v) is 6.60. The highest BCUT2D eigenvalue weighted by Gasteiger charge is 2.30. The molecule has 0 aliphatic rings. The van der Waals surface area contributed by atoms with Gasteiger partial charge in [0.05, 0.1) is 15.5 Å². The maximum absolute atomic E-state index is 13.4. The minimum Gasteiger partial charge on any atom is -0.419 e. The van der Waals surface area contributed by atoms with Crippen molar-refractivity contribution in [3.05, 3.63) is 95.5 Å². The van der Waals surface area contributed by atoms with Gasteiger partial charge in [-0.15, -0.1) is 0 Å². The number of aromatic nitrogens is 1. The molecule has 0 aliphatic carbocycles. The second-order valence-electron chi connectivity index (χ2n) is 6.77. The summed E-state index contributed by atoms with van der Waals surface area (Å²) >= 11 is 6.30. The summed E-state index contributed by atoms with van der Waals surface area (Å²) in [5, 5.41) is 0.293. The van der Waals surface area contributed by atoms with E-state index in [0.29, 0.717) is 17.1 Å². The van der Waals surface area contributed by atoms with E-state index in [2.05, 4.69) is 4.98 Å². The first-order valence-electron chi connectivity index (χ1n) is 9.28. The van der Waals surface area contributed by atoms with Crippen molar-refractivity contribution in [2.75, 3.05) is 11.9 Å². The van der Waals surface area contributed by atoms with Gasteiger partial charge in [-0.25, -0.2) is 8.42 Å². The molecule has 0 saturated carbocycles. The highest BCUT2D eigenvalue weighted by atomic mass is 35.5. The van der Waals surface area contributed by atoms with E-state index in [1.54, 1.807) is 66.5 Å². The quantitative estimate of drug-likeness (QED) is 0.399. The Labute approximate surface area is 180 Å². The van der Waals surface area contributed by atoms with Gasteiger partial charge in [0, 0.05) is 13.6 Å². The second-order valence-corrected chi connectivity index (χ2v) is 9.04. The topological polar surface area (TPSA) is 63.4 Å². The Morgan fingerprint density at radius 2 is 1.50 bits per heavy atom. The van der Waals surface area contributed by atoms with Crippen LogP contribution in [-0.4, -0.2) is 20.4 Å². The first-order valence-corrected chi connectivity index (χ1v) is 11.1. The highest BCUT2D eigenvalue weighted by molar-refractivity contribution is 7.91. The standard InChI is InChI=1S/C23H19ClN2O3S/c1-26(16-17-10-4-2-5-11-17)23-22(30(27,28)18-12-6-3-7-13-18)25-21(29-23)19-14-8-9-15-20(19)24/h2-15H,16H2,1H3. The minimum absolute atomic E-state index is 0.137. The average Bonchev–Trinajstić information content (AvgIpc) is 3.22. The molecule has 4 aromatic rings. The van der Waals surface area contributed by atoms with Crippen molar-refractivity contribution >= 4 is 27.3 Å². The Morgan fingerprint density at radius 1 is 0.900 bits per heavy atom. The van der Waals surface area contributed by atoms with E-state index in [-0.39, 0.29) is 21.7 Å². The van der Waals surface area contributed by atoms with E-state index >= 15 is 0 Å². The predicted molar refractivity (Wildman–Crippen MR) is 117 cm³/mol. The first-order chi connectivity index (χ1) is 14.5. The lowest BCUT2D eigenvalue weighted by Crippen LogP contribution is -2.18. The fraction of sp³-hybridized carbons (Fsp3) is 0.0870. The van der Waals surface area contributed by atoms with Gasteiger partial charge in [-0.2, -0.15) is 4.98 Å². The molecule has 1 heterocycles. The number of oxazole rings is 1. The fourth-order valence-electron chi connectivity index (χ4n) is 3.10. The number of hydrogen-bond acceptors (Lipinski definition) is 5. The van der Waals surface area contributed by atoms with Crippen molar-refractivity contribution in [1.82, 2.24) is 4.98 Å². The van der Waals surface area contributed by atoms with Crippen LogP contribution in [0, 0.1) is 0 Å². The summed E-state index contributed by atoms with van der Waals surface area (Å²) in [5.41, 5.74) is 1.54. The lowest BCUT2D eigenvalue weighted by molar-refractivity contribution is 0.554. The van der Waals surface area contributed by atoms with Crippen LogP contribution in [0.1, 0.15) is 5.56 Å². The number of benzene rings is 3. The minimum atomic E-state index is -3.90. The molecule has 0 amide bonds. The van der Waals surface area contributed by atoms with Crippen LogP contribution in [-0.2, 0) is 16.4 Å². The van der Waals surface area contributed by atoms with E-state index < -0.39 is 9.84 Å². The number of sulfone groups is 1. The lowest BCUT2D eigenvalue weighted by atomic mass is 10.2. The molecule has 0 radical (unpaired) electrons. The van der Waals surface area contributed by atoms with Crippen molar-refractivity contribution in [1.29, 1.82) is 0 Å². The summed E-state index contributed by atoms with van der Waals surface area (Å²) in [6, 6.07) is 25.0. The van der Waals surface area contributed by atoms with Crippen LogP contribution in [0.25, 0.3) is 11.5 Å². The number of halogens is 1. The molecular formula is C23H19ClN2O3S. The zero-order valence-electron chi connectivity index (χ0n) is 16.2. The molecule has 0 aliphatic heterocycles. The maximum Gasteiger partial charge on any atom is 0.236 e. The van der Waals surface area contributed by atoms with E-state index in [1.165, 1.54) is 0 Å². The molecule has 0 bridgehead atoms. The molecule has 7 heteroatoms. The fourth-order valence-corrected chi connectivity index (χ4v) is 4.69. The number of nitrogens with zero attached hydrogens (tertiary/aromatic N) is 2. The van der Waals surface area contributed by atoms with Crippen molar-refractivity contribution in [3.63, 3.8) is 0 Å². The lowest BCUT2D eigenvalue weighted by Gasteiger charge is -2.17. The monoisotopic (exact) mass is 438 g/mol. The summed E-state index contributed by atoms with van der Waals surface area (Å²) in [7, 11) is -2.12. The van der Waals surface area contributed by atoms with Gasteiger partial charge in [-0.05, 0) is 29.8 Å². The van der Waals surface area contributed by atoms with Crippen LogP contribution in [0.15, 0.2) is 99.3 Å². The highest BCUT2D eigenvalue weighted by Crippen LogP contribution is 2.36. The van der Waals surface area contributed by atoms with Gasteiger partial charge in [0.2, 0.25) is 26.6 Å². The van der Waals surface area contributed by atoms with Crippen molar-refractivity contribution in [2.45, 2.75) is 16.5 Å². The first kappa shape index (κ1) is 20.2. The van der Waals surface area contributed by atoms with Crippen molar-refractivity contribution < 1.29 is 12.8 Å². The Hall–Kier alpha value is -3.09. The third kappa shape index (κ3) is 3.97. The van der Waals surface area contributed by atoms with E-state index in [4.69, 9.17) is 16.0 Å². The van der Waals surface area contributed by atoms with Gasteiger partial charge < -0.3 is 9.32 Å². The molecule has 5 nitrogen and oxygen atoms in total. The van der Waals surface area contributed by atoms with Gasteiger partial charge in [0.1, 0.15) is 0 Å². The Balaban J connectivity index is 1.84. The van der Waals surface area contributed by atoms with Crippen LogP contribution in [0.3, 0.4) is 0 Å². The summed E-state index contributed by atoms with van der Waals surface area (Å²) in [4.78, 5) is 6.26. The van der Waals surface area contributed by atoms with Crippen molar-refractivity contribution in [3.8, 4) is 11.5 Å². The summed E-state index contributed by atoms with van der Waals surface area (Å²) < 4.78 is 32.7. The number of hydrogen-bond donors (Lipinski definition) is 0. The summed E-state index contributed by atoms with van der Waals surface area (Å²) in [5.74, 6) is 0.322. The van der Waals surface area contributed by atoms with E-state index in [9.17, 15) is 8.42 Å². The van der Waals surface area contributed by atoms with E-state index in [0.717, 1.165) is 5.56 Å². The van der Waals surface area contributed by atoms with Crippen LogP contribution < -0.4 is 4.90 Å². The van der Waals surface area contributed by atoms with Crippen LogP contribution in [0.4, 0.5) is 5.88 Å². The molecule has 0 spiro atoms. The molecule has 1 aromatic heterocycles. The van der Waals surface area contributed by atoms with Gasteiger partial charge in [0.15, 0.2) is 0 Å².